The zero-order valence-electron chi connectivity index (χ0n) is 21.0. The number of carbonyl (C=O) groups excluding carboxylic acids is 1. The number of carbonyl (C=O) groups is 2. The summed E-state index contributed by atoms with van der Waals surface area (Å²) in [5.41, 5.74) is 2.91. The number of benzene rings is 2. The second-order valence-electron chi connectivity index (χ2n) is 10.1. The van der Waals surface area contributed by atoms with Gasteiger partial charge in [0.2, 0.25) is 0 Å². The number of aromatic hydroxyl groups is 2. The summed E-state index contributed by atoms with van der Waals surface area (Å²) >= 11 is 0. The predicted molar refractivity (Wildman–Crippen MR) is 143 cm³/mol. The summed E-state index contributed by atoms with van der Waals surface area (Å²) in [4.78, 5) is 30.1. The number of fused-ring (bicyclic) bond motifs is 1. The van der Waals surface area contributed by atoms with Crippen molar-refractivity contribution in [1.82, 2.24) is 14.7 Å². The summed E-state index contributed by atoms with van der Waals surface area (Å²) in [6, 6.07) is 18.9. The molecule has 4 N–H and O–H groups in total. The highest BCUT2D eigenvalue weighted by atomic mass is 16.4. The number of phenolic OH excluding ortho intramolecular Hbond substituents is 2. The molecule has 1 atom stereocenters. The number of aliphatic carboxylic acids is 1. The number of phenols is 2. The maximum atomic E-state index is 13.4. The molecule has 4 aromatic rings. The van der Waals surface area contributed by atoms with E-state index >= 15 is 0 Å². The van der Waals surface area contributed by atoms with E-state index < -0.39 is 11.9 Å². The van der Waals surface area contributed by atoms with Crippen LogP contribution in [0.15, 0.2) is 72.9 Å². The van der Waals surface area contributed by atoms with Gasteiger partial charge in [0.1, 0.15) is 28.8 Å². The Morgan fingerprint density at radius 1 is 0.921 bits per heavy atom. The Balaban J connectivity index is 1.39. The lowest BCUT2D eigenvalue weighted by Gasteiger charge is -2.38. The highest BCUT2D eigenvalue weighted by molar-refractivity contribution is 5.93. The van der Waals surface area contributed by atoms with Crippen LogP contribution in [0, 0.1) is 0 Å². The third-order valence-electron chi connectivity index (χ3n) is 7.65. The summed E-state index contributed by atoms with van der Waals surface area (Å²) in [5, 5.41) is 32.3. The maximum absolute atomic E-state index is 13.4. The molecule has 2 aromatic heterocycles. The van der Waals surface area contributed by atoms with E-state index in [1.807, 2.05) is 12.1 Å². The molecule has 1 fully saturated rings. The van der Waals surface area contributed by atoms with Crippen LogP contribution in [-0.4, -0.2) is 43.1 Å². The third-order valence-corrected chi connectivity index (χ3v) is 7.65. The number of aromatic nitrogens is 2. The lowest BCUT2D eigenvalue weighted by atomic mass is 9.69. The van der Waals surface area contributed by atoms with Crippen LogP contribution in [0.3, 0.4) is 0 Å². The van der Waals surface area contributed by atoms with Crippen molar-refractivity contribution in [2.45, 2.75) is 49.9 Å². The summed E-state index contributed by atoms with van der Waals surface area (Å²) in [6.45, 7) is 0.465. The lowest BCUT2D eigenvalue weighted by Crippen LogP contribution is -2.42. The molecule has 1 saturated carbocycles. The number of nitrogens with zero attached hydrogens (tertiary/aromatic N) is 2. The fraction of sp³-hybridized carbons (Fsp3) is 0.300. The van der Waals surface area contributed by atoms with Gasteiger partial charge in [-0.05, 0) is 66.8 Å². The number of nitrogens with one attached hydrogen (secondary N) is 1. The summed E-state index contributed by atoms with van der Waals surface area (Å²) < 4.78 is 1.64. The highest BCUT2D eigenvalue weighted by Crippen LogP contribution is 2.39. The predicted octanol–water partition coefficient (Wildman–Crippen LogP) is 4.79. The Morgan fingerprint density at radius 3 is 2.24 bits per heavy atom. The minimum absolute atomic E-state index is 0.115. The molecular weight excluding hydrogens is 482 g/mol. The van der Waals surface area contributed by atoms with Gasteiger partial charge in [-0.2, -0.15) is 0 Å². The first kappa shape index (κ1) is 25.3. The molecule has 1 aliphatic carbocycles. The van der Waals surface area contributed by atoms with Crippen LogP contribution in [0.25, 0.3) is 5.65 Å². The summed E-state index contributed by atoms with van der Waals surface area (Å²) in [6.07, 6.45) is 7.06. The molecular formula is C30H31N3O5. The van der Waals surface area contributed by atoms with Crippen molar-refractivity contribution in [2.24, 2.45) is 0 Å². The second kappa shape index (κ2) is 10.6. The van der Waals surface area contributed by atoms with Crippen molar-refractivity contribution in [3.05, 3.63) is 95.4 Å². The number of carboxylic acid groups (broad SMARTS) is 1. The topological polar surface area (TPSA) is 124 Å². The van der Waals surface area contributed by atoms with E-state index in [0.717, 1.165) is 36.8 Å². The van der Waals surface area contributed by atoms with Crippen LogP contribution in [-0.2, 0) is 16.6 Å². The van der Waals surface area contributed by atoms with Crippen LogP contribution in [0.5, 0.6) is 11.5 Å². The van der Waals surface area contributed by atoms with Crippen molar-refractivity contribution >= 4 is 17.5 Å². The van der Waals surface area contributed by atoms with Gasteiger partial charge in [0.15, 0.2) is 0 Å². The van der Waals surface area contributed by atoms with Gasteiger partial charge in [-0.1, -0.05) is 49.6 Å². The monoisotopic (exact) mass is 513 g/mol. The van der Waals surface area contributed by atoms with Gasteiger partial charge < -0.3 is 20.6 Å². The Bertz CT molecular complexity index is 1440. The van der Waals surface area contributed by atoms with Crippen molar-refractivity contribution in [2.75, 3.05) is 6.54 Å². The van der Waals surface area contributed by atoms with Gasteiger partial charge in [-0.15, -0.1) is 0 Å². The zero-order chi connectivity index (χ0) is 26.7. The van der Waals surface area contributed by atoms with Crippen molar-refractivity contribution in [3.63, 3.8) is 0 Å². The van der Waals surface area contributed by atoms with Gasteiger partial charge in [0.25, 0.3) is 5.91 Å². The Labute approximate surface area is 220 Å². The number of rotatable bonds is 8. The largest absolute Gasteiger partial charge is 0.508 e. The van der Waals surface area contributed by atoms with E-state index in [1.165, 1.54) is 18.6 Å². The molecule has 0 spiro atoms. The Morgan fingerprint density at radius 2 is 1.58 bits per heavy atom. The number of carboxylic acids is 1. The quantitative estimate of drug-likeness (QED) is 0.269. The second-order valence-corrected chi connectivity index (χ2v) is 10.1. The fourth-order valence-electron chi connectivity index (χ4n) is 5.52. The van der Waals surface area contributed by atoms with Crippen molar-refractivity contribution in [1.29, 1.82) is 0 Å². The molecule has 2 heterocycles. The van der Waals surface area contributed by atoms with Gasteiger partial charge in [0.05, 0.1) is 5.69 Å². The molecule has 1 amide bonds. The zero-order valence-corrected chi connectivity index (χ0v) is 21.0. The van der Waals surface area contributed by atoms with Gasteiger partial charge >= 0.3 is 5.97 Å². The van der Waals surface area contributed by atoms with Gasteiger partial charge in [0, 0.05) is 18.2 Å². The molecule has 1 aliphatic rings. The van der Waals surface area contributed by atoms with Crippen LogP contribution in [0.1, 0.15) is 65.3 Å². The van der Waals surface area contributed by atoms with Crippen LogP contribution in [0.2, 0.25) is 0 Å². The Hall–Kier alpha value is -4.33. The van der Waals surface area contributed by atoms with E-state index in [4.69, 9.17) is 0 Å². The molecule has 2 aromatic carbocycles. The first-order valence-electron chi connectivity index (χ1n) is 12.9. The smallest absolute Gasteiger partial charge is 0.312 e. The van der Waals surface area contributed by atoms with Crippen molar-refractivity contribution < 1.29 is 24.9 Å². The maximum Gasteiger partial charge on any atom is 0.312 e. The summed E-state index contributed by atoms with van der Waals surface area (Å²) in [5.74, 6) is -1.84. The molecule has 196 valence electrons. The number of imidazole rings is 1. The van der Waals surface area contributed by atoms with Crippen molar-refractivity contribution in [3.8, 4) is 11.5 Å². The van der Waals surface area contributed by atoms with Crippen LogP contribution < -0.4 is 5.32 Å². The first-order valence-corrected chi connectivity index (χ1v) is 12.9. The molecule has 5 rings (SSSR count). The molecule has 0 aliphatic heterocycles. The van der Waals surface area contributed by atoms with Gasteiger partial charge in [-0.25, -0.2) is 4.98 Å². The Kier molecular flexibility index (Phi) is 7.05. The molecule has 0 radical (unpaired) electrons. The molecule has 1 unspecified atom stereocenters. The minimum Gasteiger partial charge on any atom is -0.508 e. The number of hydrogen-bond acceptors (Lipinski definition) is 5. The van der Waals surface area contributed by atoms with E-state index in [9.17, 15) is 24.9 Å². The normalized spacial score (nSPS) is 15.7. The minimum atomic E-state index is -1.01. The van der Waals surface area contributed by atoms with Crippen LogP contribution >= 0.6 is 0 Å². The number of amides is 1. The average Bonchev–Trinajstić information content (AvgIpc) is 3.36. The van der Waals surface area contributed by atoms with E-state index in [-0.39, 0.29) is 29.2 Å². The van der Waals surface area contributed by atoms with Crippen LogP contribution in [0.4, 0.5) is 0 Å². The molecule has 8 nitrogen and oxygen atoms in total. The molecule has 38 heavy (non-hydrogen) atoms. The van der Waals surface area contributed by atoms with E-state index in [1.54, 1.807) is 53.1 Å². The average molecular weight is 514 g/mol. The fourth-order valence-corrected chi connectivity index (χ4v) is 5.52. The number of pyridine rings is 1. The third kappa shape index (κ3) is 5.20. The molecule has 0 bridgehead atoms. The lowest BCUT2D eigenvalue weighted by molar-refractivity contribution is -0.138. The molecule has 8 heteroatoms. The SMILES string of the molecule is O=C(NCC1(c2ccc(O)cc2)CCCCC1)c1cccc2nc(C(Cc3ccc(O)cc3)C(=O)O)cn12. The highest BCUT2D eigenvalue weighted by Gasteiger charge is 2.34. The van der Waals surface area contributed by atoms with E-state index in [0.29, 0.717) is 23.6 Å². The first-order chi connectivity index (χ1) is 18.3. The molecule has 0 saturated heterocycles. The van der Waals surface area contributed by atoms with Gasteiger partial charge in [-0.3, -0.25) is 14.0 Å². The number of hydrogen-bond donors (Lipinski definition) is 4. The standard InChI is InChI=1S/C30H31N3O5/c34-22-11-7-20(8-12-22)17-24(29(37)38)25-18-33-26(5-4-6-27(33)32-25)28(36)31-19-30(15-2-1-3-16-30)21-9-13-23(35)14-10-21/h4-14,18,24,34-35H,1-3,15-17,19H2,(H,31,36)(H,37,38). The van der Waals surface area contributed by atoms with E-state index in [2.05, 4.69) is 10.3 Å². The summed E-state index contributed by atoms with van der Waals surface area (Å²) in [7, 11) is 0.